The number of aromatic amines is 2. The maximum Gasteiger partial charge on any atom is 0.262 e. The molecule has 4 aromatic rings. The highest BCUT2D eigenvalue weighted by Gasteiger charge is 2.17. The first kappa shape index (κ1) is 15.4. The topological polar surface area (TPSA) is 103 Å². The van der Waals surface area contributed by atoms with E-state index in [9.17, 15) is 4.79 Å². The van der Waals surface area contributed by atoms with Gasteiger partial charge in [0.2, 0.25) is 0 Å². The number of benzene rings is 1. The van der Waals surface area contributed by atoms with Gasteiger partial charge < -0.3 is 25.9 Å². The summed E-state index contributed by atoms with van der Waals surface area (Å²) in [6.45, 7) is 3.93. The maximum absolute atomic E-state index is 12.5. The molecule has 132 valence electrons. The first-order valence-electron chi connectivity index (χ1n) is 8.55. The summed E-state index contributed by atoms with van der Waals surface area (Å²) in [6.07, 6.45) is 0. The Hall–Kier alpha value is -2.84. The Morgan fingerprint density at radius 2 is 2.00 bits per heavy atom. The Morgan fingerprint density at radius 1 is 1.15 bits per heavy atom. The van der Waals surface area contributed by atoms with Crippen molar-refractivity contribution in [3.8, 4) is 11.4 Å². The molecule has 0 radical (unpaired) electrons. The van der Waals surface area contributed by atoms with Gasteiger partial charge in [-0.1, -0.05) is 0 Å². The summed E-state index contributed by atoms with van der Waals surface area (Å²) in [4.78, 5) is 26.4. The third kappa shape index (κ3) is 2.38. The zero-order valence-corrected chi connectivity index (χ0v) is 14.8. The number of pyridine rings is 1. The number of anilines is 2. The average molecular weight is 366 g/mol. The van der Waals surface area contributed by atoms with Gasteiger partial charge in [0.15, 0.2) is 0 Å². The summed E-state index contributed by atoms with van der Waals surface area (Å²) >= 11 is 1.47. The fraction of sp³-hybridized carbons (Fsp3) is 0.222. The molecule has 0 bridgehead atoms. The van der Waals surface area contributed by atoms with Crippen molar-refractivity contribution in [3.05, 3.63) is 40.0 Å². The zero-order chi connectivity index (χ0) is 17.7. The van der Waals surface area contributed by atoms with Crippen LogP contribution in [-0.2, 0) is 0 Å². The van der Waals surface area contributed by atoms with E-state index < -0.39 is 0 Å². The van der Waals surface area contributed by atoms with Crippen molar-refractivity contribution in [2.75, 3.05) is 36.8 Å². The van der Waals surface area contributed by atoms with Gasteiger partial charge in [-0.05, 0) is 29.6 Å². The summed E-state index contributed by atoms with van der Waals surface area (Å²) in [5.41, 5.74) is 9.80. The number of nitrogens with two attached hydrogens (primary N) is 1. The molecule has 0 saturated carbocycles. The average Bonchev–Trinajstić information content (AvgIpc) is 3.28. The predicted molar refractivity (Wildman–Crippen MR) is 107 cm³/mol. The maximum atomic E-state index is 12.5. The molecule has 4 heterocycles. The molecule has 0 unspecified atom stereocenters. The lowest BCUT2D eigenvalue weighted by Crippen LogP contribution is -2.43. The Kier molecular flexibility index (Phi) is 3.47. The van der Waals surface area contributed by atoms with Gasteiger partial charge in [0.25, 0.3) is 5.56 Å². The van der Waals surface area contributed by atoms with Crippen LogP contribution in [-0.4, -0.2) is 41.1 Å². The highest BCUT2D eigenvalue weighted by molar-refractivity contribution is 7.16. The predicted octanol–water partition coefficient (Wildman–Crippen LogP) is 2.12. The van der Waals surface area contributed by atoms with E-state index in [0.29, 0.717) is 17.1 Å². The van der Waals surface area contributed by atoms with E-state index in [4.69, 9.17) is 5.73 Å². The first-order valence-corrected chi connectivity index (χ1v) is 9.43. The molecule has 0 spiro atoms. The van der Waals surface area contributed by atoms with Crippen molar-refractivity contribution in [2.45, 2.75) is 0 Å². The minimum Gasteiger partial charge on any atom is -0.397 e. The molecule has 0 aliphatic carbocycles. The van der Waals surface area contributed by atoms with Crippen LogP contribution in [0.3, 0.4) is 0 Å². The highest BCUT2D eigenvalue weighted by atomic mass is 32.1. The van der Waals surface area contributed by atoms with Gasteiger partial charge in [0, 0.05) is 37.3 Å². The molecule has 3 aromatic heterocycles. The van der Waals surface area contributed by atoms with Crippen molar-refractivity contribution in [1.29, 1.82) is 0 Å². The van der Waals surface area contributed by atoms with E-state index in [2.05, 4.69) is 37.3 Å². The van der Waals surface area contributed by atoms with Crippen LogP contribution in [0.15, 0.2) is 34.4 Å². The molecular weight excluding hydrogens is 348 g/mol. The minimum absolute atomic E-state index is 0.223. The number of nitrogens with one attached hydrogen (secondary N) is 3. The van der Waals surface area contributed by atoms with Crippen molar-refractivity contribution < 1.29 is 0 Å². The number of hydrogen-bond donors (Lipinski definition) is 4. The Bertz CT molecular complexity index is 1170. The number of nitrogen functional groups attached to an aromatic ring is 1. The normalized spacial score (nSPS) is 15.2. The number of hydrogen-bond acceptors (Lipinski definition) is 6. The minimum atomic E-state index is -0.223. The SMILES string of the molecule is Nc1c(-c2nc3ccc(N4CCNCC4)cc3[nH]2)c(=O)[nH]c2sccc12. The third-order valence-electron chi connectivity index (χ3n) is 4.86. The number of fused-ring (bicyclic) bond motifs is 2. The molecule has 26 heavy (non-hydrogen) atoms. The fourth-order valence-electron chi connectivity index (χ4n) is 3.51. The van der Waals surface area contributed by atoms with Crippen LogP contribution in [0.5, 0.6) is 0 Å². The van der Waals surface area contributed by atoms with Gasteiger partial charge >= 0.3 is 0 Å². The van der Waals surface area contributed by atoms with Crippen molar-refractivity contribution in [1.82, 2.24) is 20.3 Å². The molecule has 8 heteroatoms. The number of nitrogens with zero attached hydrogens (tertiary/aromatic N) is 2. The van der Waals surface area contributed by atoms with E-state index in [1.807, 2.05) is 17.5 Å². The molecule has 0 amide bonds. The molecule has 5 rings (SSSR count). The van der Waals surface area contributed by atoms with Crippen LogP contribution in [0, 0.1) is 0 Å². The number of H-pyrrole nitrogens is 2. The molecule has 5 N–H and O–H groups in total. The molecule has 1 aliphatic heterocycles. The van der Waals surface area contributed by atoms with E-state index in [0.717, 1.165) is 53.1 Å². The lowest BCUT2D eigenvalue weighted by Gasteiger charge is -2.29. The van der Waals surface area contributed by atoms with E-state index in [-0.39, 0.29) is 5.56 Å². The molecule has 0 atom stereocenters. The quantitative estimate of drug-likeness (QED) is 0.435. The van der Waals surface area contributed by atoms with E-state index >= 15 is 0 Å². The van der Waals surface area contributed by atoms with Gasteiger partial charge in [-0.3, -0.25) is 4.79 Å². The van der Waals surface area contributed by atoms with Gasteiger partial charge in [-0.15, -0.1) is 11.3 Å². The second-order valence-corrected chi connectivity index (χ2v) is 7.35. The lowest BCUT2D eigenvalue weighted by atomic mass is 10.2. The largest absolute Gasteiger partial charge is 0.397 e. The Labute approximate surface area is 152 Å². The summed E-state index contributed by atoms with van der Waals surface area (Å²) in [5, 5.41) is 6.13. The van der Waals surface area contributed by atoms with Gasteiger partial charge in [-0.25, -0.2) is 4.98 Å². The molecule has 7 nitrogen and oxygen atoms in total. The Balaban J connectivity index is 1.63. The van der Waals surface area contributed by atoms with E-state index in [1.54, 1.807) is 0 Å². The molecule has 1 aliphatic rings. The number of imidazole rings is 1. The third-order valence-corrected chi connectivity index (χ3v) is 5.69. The fourth-order valence-corrected chi connectivity index (χ4v) is 4.31. The monoisotopic (exact) mass is 366 g/mol. The van der Waals surface area contributed by atoms with Crippen LogP contribution >= 0.6 is 11.3 Å². The summed E-state index contributed by atoms with van der Waals surface area (Å²) in [5.74, 6) is 0.504. The smallest absolute Gasteiger partial charge is 0.262 e. The summed E-state index contributed by atoms with van der Waals surface area (Å²) < 4.78 is 0. The van der Waals surface area contributed by atoms with Crippen LogP contribution in [0.2, 0.25) is 0 Å². The number of piperazine rings is 1. The molecule has 1 fully saturated rings. The van der Waals surface area contributed by atoms with Crippen molar-refractivity contribution in [3.63, 3.8) is 0 Å². The van der Waals surface area contributed by atoms with Crippen molar-refractivity contribution >= 4 is 44.0 Å². The standard InChI is InChI=1S/C18H18N6OS/c19-15-11-3-8-26-18(11)23-17(25)14(15)16-21-12-2-1-10(9-13(12)22-16)24-6-4-20-5-7-24/h1-3,8-9,20H,4-7H2,(H,21,22)(H3,19,23,25). The number of rotatable bonds is 2. The summed E-state index contributed by atoms with van der Waals surface area (Å²) in [6, 6.07) is 8.07. The van der Waals surface area contributed by atoms with Crippen LogP contribution in [0.4, 0.5) is 11.4 Å². The molecule has 1 aromatic carbocycles. The van der Waals surface area contributed by atoms with E-state index in [1.165, 1.54) is 11.3 Å². The van der Waals surface area contributed by atoms with Crippen LogP contribution in [0.1, 0.15) is 0 Å². The second kappa shape index (κ2) is 5.86. The highest BCUT2D eigenvalue weighted by Crippen LogP contribution is 2.31. The zero-order valence-electron chi connectivity index (χ0n) is 14.0. The van der Waals surface area contributed by atoms with Crippen LogP contribution in [0.25, 0.3) is 32.6 Å². The second-order valence-electron chi connectivity index (χ2n) is 6.43. The number of aromatic nitrogens is 3. The molecular formula is C18H18N6OS. The Morgan fingerprint density at radius 3 is 2.85 bits per heavy atom. The number of thiophene rings is 1. The lowest BCUT2D eigenvalue weighted by molar-refractivity contribution is 0.589. The van der Waals surface area contributed by atoms with Gasteiger partial charge in [0.05, 0.1) is 16.7 Å². The molecule has 1 saturated heterocycles. The van der Waals surface area contributed by atoms with Gasteiger partial charge in [-0.2, -0.15) is 0 Å². The summed E-state index contributed by atoms with van der Waals surface area (Å²) in [7, 11) is 0. The first-order chi connectivity index (χ1) is 12.7. The van der Waals surface area contributed by atoms with Gasteiger partial charge in [0.1, 0.15) is 16.2 Å². The van der Waals surface area contributed by atoms with Crippen LogP contribution < -0.4 is 21.5 Å². The van der Waals surface area contributed by atoms with Crippen molar-refractivity contribution in [2.24, 2.45) is 0 Å².